The number of hydrogen-bond donors (Lipinski definition) is 2. The third-order valence-corrected chi connectivity index (χ3v) is 6.38. The van der Waals surface area contributed by atoms with Gasteiger partial charge in [-0.15, -0.1) is 0 Å². The molecule has 0 aromatic heterocycles. The van der Waals surface area contributed by atoms with Crippen molar-refractivity contribution in [2.24, 2.45) is 5.73 Å². The molecule has 1 rings (SSSR count). The van der Waals surface area contributed by atoms with Crippen molar-refractivity contribution in [2.45, 2.75) is 110 Å². The van der Waals surface area contributed by atoms with Gasteiger partial charge in [-0.3, -0.25) is 4.79 Å². The van der Waals surface area contributed by atoms with Gasteiger partial charge in [-0.05, 0) is 49.8 Å². The van der Waals surface area contributed by atoms with Gasteiger partial charge in [-0.1, -0.05) is 89.4 Å². The van der Waals surface area contributed by atoms with Crippen LogP contribution in [-0.2, 0) is 11.2 Å². The van der Waals surface area contributed by atoms with Gasteiger partial charge in [0.25, 0.3) is 0 Å². The maximum absolute atomic E-state index is 12.3. The number of amides is 1. The van der Waals surface area contributed by atoms with E-state index < -0.39 is 0 Å². The zero-order valence-corrected chi connectivity index (χ0v) is 22.7. The number of methoxy groups -OCH3 is 1. The second kappa shape index (κ2) is 21.3. The van der Waals surface area contributed by atoms with Gasteiger partial charge in [0, 0.05) is 13.1 Å². The van der Waals surface area contributed by atoms with E-state index in [1.54, 1.807) is 7.11 Å². The van der Waals surface area contributed by atoms with Gasteiger partial charge in [0.15, 0.2) is 11.5 Å². The van der Waals surface area contributed by atoms with Gasteiger partial charge in [0.1, 0.15) is 6.61 Å². The van der Waals surface area contributed by atoms with Crippen molar-refractivity contribution in [1.29, 1.82) is 0 Å². The van der Waals surface area contributed by atoms with E-state index in [4.69, 9.17) is 15.2 Å². The first kappa shape index (κ1) is 31.0. The van der Waals surface area contributed by atoms with Crippen LogP contribution in [0.4, 0.5) is 0 Å². The molecule has 1 aromatic rings. The molecule has 0 aliphatic carbocycles. The molecule has 35 heavy (non-hydrogen) atoms. The fraction of sp³-hybridized carbons (Fsp3) is 0.700. The monoisotopic (exact) mass is 488 g/mol. The van der Waals surface area contributed by atoms with Crippen LogP contribution in [0.5, 0.6) is 11.5 Å². The summed E-state index contributed by atoms with van der Waals surface area (Å²) >= 11 is 0. The number of benzene rings is 1. The highest BCUT2D eigenvalue weighted by atomic mass is 16.5. The molecule has 0 fully saturated rings. The normalized spacial score (nSPS) is 10.8. The van der Waals surface area contributed by atoms with Crippen molar-refractivity contribution < 1.29 is 14.3 Å². The van der Waals surface area contributed by atoms with Crippen molar-refractivity contribution in [3.05, 3.63) is 35.9 Å². The first-order chi connectivity index (χ1) is 17.1. The Balaban J connectivity index is 2.00. The topological polar surface area (TPSA) is 73.6 Å². The minimum Gasteiger partial charge on any atom is -0.493 e. The molecule has 0 spiro atoms. The van der Waals surface area contributed by atoms with Crippen molar-refractivity contribution in [2.75, 3.05) is 26.8 Å². The van der Waals surface area contributed by atoms with Crippen LogP contribution in [0, 0.1) is 0 Å². The molecule has 1 aromatic carbocycles. The Morgan fingerprint density at radius 2 is 1.49 bits per heavy atom. The average Bonchev–Trinajstić information content (AvgIpc) is 2.86. The molecule has 0 aliphatic rings. The third-order valence-electron chi connectivity index (χ3n) is 6.38. The van der Waals surface area contributed by atoms with Gasteiger partial charge >= 0.3 is 0 Å². The molecular formula is C30H52N2O3. The lowest BCUT2D eigenvalue weighted by molar-refractivity contribution is -0.120. The van der Waals surface area contributed by atoms with Crippen molar-refractivity contribution in [3.8, 4) is 11.5 Å². The van der Waals surface area contributed by atoms with Gasteiger partial charge in [-0.25, -0.2) is 0 Å². The average molecular weight is 489 g/mol. The van der Waals surface area contributed by atoms with Crippen LogP contribution in [0.3, 0.4) is 0 Å². The van der Waals surface area contributed by atoms with E-state index in [-0.39, 0.29) is 5.91 Å². The van der Waals surface area contributed by atoms with Crippen LogP contribution in [0.15, 0.2) is 30.4 Å². The van der Waals surface area contributed by atoms with Gasteiger partial charge in [0.05, 0.1) is 13.5 Å². The number of ether oxygens (including phenoxy) is 2. The van der Waals surface area contributed by atoms with E-state index >= 15 is 0 Å². The van der Waals surface area contributed by atoms with Crippen molar-refractivity contribution in [1.82, 2.24) is 5.32 Å². The van der Waals surface area contributed by atoms with Crippen molar-refractivity contribution >= 4 is 5.91 Å². The number of carbonyl (C=O) groups excluding carboxylic acids is 1. The Kier molecular flexibility index (Phi) is 18.9. The Morgan fingerprint density at radius 1 is 0.886 bits per heavy atom. The second-order valence-corrected chi connectivity index (χ2v) is 9.64. The van der Waals surface area contributed by atoms with E-state index in [1.807, 2.05) is 18.2 Å². The van der Waals surface area contributed by atoms with Gasteiger partial charge in [-0.2, -0.15) is 0 Å². The maximum atomic E-state index is 12.3. The first-order valence-electron chi connectivity index (χ1n) is 14.0. The molecule has 0 saturated carbocycles. The highest BCUT2D eigenvalue weighted by molar-refractivity contribution is 5.78. The van der Waals surface area contributed by atoms with Gasteiger partial charge in [0.2, 0.25) is 5.91 Å². The maximum Gasteiger partial charge on any atom is 0.224 e. The minimum atomic E-state index is 0.0437. The standard InChI is InChI=1S/C30H52N2O3/c1-4-5-6-7-8-11-14-17-26(2)18-15-12-9-10-13-16-22-32-30(33)25-27-19-20-28(35-23-21-31)29(24-27)34-3/h19-20,24H,2,4-18,21-23,25,31H2,1,3H3,(H,32,33). The smallest absolute Gasteiger partial charge is 0.224 e. The van der Waals surface area contributed by atoms with E-state index in [0.717, 1.165) is 18.5 Å². The zero-order chi connectivity index (χ0) is 25.6. The lowest BCUT2D eigenvalue weighted by atomic mass is 10.0. The molecule has 0 radical (unpaired) electrons. The number of nitrogens with two attached hydrogens (primary N) is 1. The number of rotatable bonds is 23. The number of hydrogen-bond acceptors (Lipinski definition) is 4. The predicted octanol–water partition coefficient (Wildman–Crippen LogP) is 7.12. The Labute approximate surface area is 215 Å². The Hall–Kier alpha value is -2.01. The zero-order valence-electron chi connectivity index (χ0n) is 22.7. The first-order valence-corrected chi connectivity index (χ1v) is 14.0. The van der Waals surface area contributed by atoms with Crippen molar-refractivity contribution in [3.63, 3.8) is 0 Å². The molecular weight excluding hydrogens is 436 g/mol. The molecule has 3 N–H and O–H groups in total. The van der Waals surface area contributed by atoms with Crippen LogP contribution in [0.25, 0.3) is 0 Å². The summed E-state index contributed by atoms with van der Waals surface area (Å²) in [7, 11) is 1.60. The number of carbonyl (C=O) groups is 1. The van der Waals surface area contributed by atoms with Crippen LogP contribution < -0.4 is 20.5 Å². The molecule has 0 aliphatic heterocycles. The molecule has 5 nitrogen and oxygen atoms in total. The quantitative estimate of drug-likeness (QED) is 0.127. The van der Waals surface area contributed by atoms with Gasteiger partial charge < -0.3 is 20.5 Å². The Bertz CT molecular complexity index is 690. The van der Waals surface area contributed by atoms with E-state index in [1.165, 1.54) is 95.5 Å². The van der Waals surface area contributed by atoms with E-state index in [0.29, 0.717) is 31.1 Å². The van der Waals surface area contributed by atoms with E-state index in [2.05, 4.69) is 18.8 Å². The molecule has 0 bridgehead atoms. The summed E-state index contributed by atoms with van der Waals surface area (Å²) in [6.07, 6.45) is 19.6. The van der Waals surface area contributed by atoms with Crippen LogP contribution in [0.2, 0.25) is 0 Å². The molecule has 200 valence electrons. The fourth-order valence-electron chi connectivity index (χ4n) is 4.25. The molecule has 0 unspecified atom stereocenters. The third kappa shape index (κ3) is 16.3. The fourth-order valence-corrected chi connectivity index (χ4v) is 4.25. The minimum absolute atomic E-state index is 0.0437. The Morgan fingerprint density at radius 3 is 2.09 bits per heavy atom. The number of nitrogens with one attached hydrogen (secondary N) is 1. The summed E-state index contributed by atoms with van der Waals surface area (Å²) in [5.74, 6) is 1.33. The van der Waals surface area contributed by atoms with E-state index in [9.17, 15) is 4.79 Å². The second-order valence-electron chi connectivity index (χ2n) is 9.64. The number of unbranched alkanes of at least 4 members (excludes halogenated alkanes) is 11. The molecule has 0 saturated heterocycles. The molecule has 5 heteroatoms. The molecule has 1 amide bonds. The predicted molar refractivity (Wildman–Crippen MR) is 148 cm³/mol. The molecule has 0 heterocycles. The summed E-state index contributed by atoms with van der Waals surface area (Å²) < 4.78 is 10.9. The summed E-state index contributed by atoms with van der Waals surface area (Å²) in [5.41, 5.74) is 7.83. The molecule has 0 atom stereocenters. The highest BCUT2D eigenvalue weighted by Crippen LogP contribution is 2.28. The summed E-state index contributed by atoms with van der Waals surface area (Å²) in [6, 6.07) is 5.59. The van der Waals surface area contributed by atoms with Crippen LogP contribution in [0.1, 0.15) is 109 Å². The van der Waals surface area contributed by atoms with Crippen LogP contribution >= 0.6 is 0 Å². The summed E-state index contributed by atoms with van der Waals surface area (Å²) in [5, 5.41) is 3.03. The lowest BCUT2D eigenvalue weighted by Gasteiger charge is -2.12. The summed E-state index contributed by atoms with van der Waals surface area (Å²) in [6.45, 7) is 8.17. The largest absolute Gasteiger partial charge is 0.493 e. The summed E-state index contributed by atoms with van der Waals surface area (Å²) in [4.78, 5) is 12.3. The lowest BCUT2D eigenvalue weighted by Crippen LogP contribution is -2.26. The SMILES string of the molecule is C=C(CCCCCCCCC)CCCCCCCCNC(=O)Cc1ccc(OCCN)c(OC)c1. The number of allylic oxidation sites excluding steroid dienone is 1. The highest BCUT2D eigenvalue weighted by Gasteiger charge is 2.09. The van der Waals surface area contributed by atoms with Crippen LogP contribution in [-0.4, -0.2) is 32.7 Å².